The van der Waals surface area contributed by atoms with Crippen LogP contribution in [-0.4, -0.2) is 79.3 Å². The van der Waals surface area contributed by atoms with Crippen LogP contribution in [0.25, 0.3) is 0 Å². The maximum Gasteiger partial charge on any atom is 0.425 e. The number of rotatable bonds is 7. The Morgan fingerprint density at radius 2 is 1.97 bits per heavy atom. The van der Waals surface area contributed by atoms with Crippen molar-refractivity contribution in [2.75, 3.05) is 39.3 Å². The maximum absolute atomic E-state index is 14.0. The van der Waals surface area contributed by atoms with Crippen LogP contribution in [0.5, 0.6) is 0 Å². The molecular formula is C21H27F3N4O4. The molecule has 1 aromatic carbocycles. The summed E-state index contributed by atoms with van der Waals surface area (Å²) >= 11 is 0. The molecule has 8 nitrogen and oxygen atoms in total. The van der Waals surface area contributed by atoms with E-state index in [1.807, 2.05) is 0 Å². The first kappa shape index (κ1) is 24.0. The molecule has 0 bridgehead atoms. The van der Waals surface area contributed by atoms with Crippen LogP contribution in [0.2, 0.25) is 0 Å². The molecule has 2 heterocycles. The molecule has 2 aliphatic heterocycles. The number of halogens is 3. The summed E-state index contributed by atoms with van der Waals surface area (Å²) in [5.74, 6) is -1.81. The van der Waals surface area contributed by atoms with Crippen LogP contribution in [0.4, 0.5) is 18.0 Å². The largest absolute Gasteiger partial charge is 0.425 e. The van der Waals surface area contributed by atoms with Crippen LogP contribution in [-0.2, 0) is 19.9 Å². The van der Waals surface area contributed by atoms with Crippen molar-refractivity contribution in [3.63, 3.8) is 0 Å². The third kappa shape index (κ3) is 4.88. The highest BCUT2D eigenvalue weighted by atomic mass is 19.4. The number of carbonyl (C=O) groups excluding carboxylic acids is 3. The molecule has 32 heavy (non-hydrogen) atoms. The van der Waals surface area contributed by atoms with E-state index in [9.17, 15) is 27.6 Å². The number of nitrogens with zero attached hydrogens (tertiary/aromatic N) is 2. The van der Waals surface area contributed by atoms with Gasteiger partial charge in [0.1, 0.15) is 6.54 Å². The van der Waals surface area contributed by atoms with Gasteiger partial charge in [0.15, 0.2) is 0 Å². The van der Waals surface area contributed by atoms with Crippen LogP contribution in [0.1, 0.15) is 19.4 Å². The zero-order valence-electron chi connectivity index (χ0n) is 17.9. The lowest BCUT2D eigenvalue weighted by Gasteiger charge is -2.34. The quantitative estimate of drug-likeness (QED) is 0.607. The predicted octanol–water partition coefficient (Wildman–Crippen LogP) is 1.47. The van der Waals surface area contributed by atoms with E-state index in [1.165, 1.54) is 18.2 Å². The Hall–Kier alpha value is -2.66. The van der Waals surface area contributed by atoms with Gasteiger partial charge in [0.25, 0.3) is 5.91 Å². The molecule has 2 N–H and O–H groups in total. The molecule has 2 unspecified atom stereocenters. The van der Waals surface area contributed by atoms with Gasteiger partial charge in [-0.25, -0.2) is 4.79 Å². The first-order chi connectivity index (χ1) is 15.0. The molecule has 0 spiro atoms. The maximum atomic E-state index is 14.0. The molecule has 0 radical (unpaired) electrons. The molecule has 4 amide bonds. The first-order valence-electron chi connectivity index (χ1n) is 10.4. The Bertz CT molecular complexity index is 849. The van der Waals surface area contributed by atoms with E-state index in [0.29, 0.717) is 24.0 Å². The van der Waals surface area contributed by atoms with Crippen LogP contribution in [0.15, 0.2) is 30.3 Å². The molecular weight excluding hydrogens is 429 g/mol. The van der Waals surface area contributed by atoms with Crippen molar-refractivity contribution in [1.29, 1.82) is 0 Å². The summed E-state index contributed by atoms with van der Waals surface area (Å²) in [6.07, 6.45) is -5.38. The Labute approximate surface area is 184 Å². The summed E-state index contributed by atoms with van der Waals surface area (Å²) in [5, 5.41) is 4.31. The summed E-state index contributed by atoms with van der Waals surface area (Å²) in [7, 11) is 0. The topological polar surface area (TPSA) is 91.0 Å². The van der Waals surface area contributed by atoms with E-state index in [4.69, 9.17) is 4.74 Å². The summed E-state index contributed by atoms with van der Waals surface area (Å²) in [5.41, 5.74) is -3.65. The van der Waals surface area contributed by atoms with E-state index in [1.54, 1.807) is 5.32 Å². The smallest absolute Gasteiger partial charge is 0.374 e. The van der Waals surface area contributed by atoms with Crippen LogP contribution in [0, 0.1) is 5.92 Å². The molecule has 0 aromatic heterocycles. The summed E-state index contributed by atoms with van der Waals surface area (Å²) in [6.45, 7) is 6.27. The van der Waals surface area contributed by atoms with Crippen molar-refractivity contribution >= 4 is 17.8 Å². The van der Waals surface area contributed by atoms with Gasteiger partial charge in [0.05, 0.1) is 12.7 Å². The van der Waals surface area contributed by atoms with Crippen molar-refractivity contribution < 1.29 is 32.3 Å². The Kier molecular flexibility index (Phi) is 7.09. The van der Waals surface area contributed by atoms with Crippen molar-refractivity contribution in [1.82, 2.24) is 20.4 Å². The molecule has 1 aromatic rings. The standard InChI is InChI=1S/C21H27F3N4O4/c1-14(2)11-27-8-9-32-16(12-27)10-25-17(29)13-28-18(30)20(21(22,23)24,26-19(28)31)15-6-4-3-5-7-15/h3-7,14,16H,8-13H2,1-2H3,(H,25,29)(H,26,31). The Morgan fingerprint density at radius 3 is 2.59 bits per heavy atom. The van der Waals surface area contributed by atoms with Crippen molar-refractivity contribution in [2.24, 2.45) is 5.92 Å². The van der Waals surface area contributed by atoms with Crippen LogP contribution >= 0.6 is 0 Å². The number of hydrogen-bond acceptors (Lipinski definition) is 5. The Morgan fingerprint density at radius 1 is 1.28 bits per heavy atom. The average molecular weight is 456 g/mol. The molecule has 176 valence electrons. The molecule has 11 heteroatoms. The number of benzene rings is 1. The van der Waals surface area contributed by atoms with Crippen LogP contribution in [0.3, 0.4) is 0 Å². The van der Waals surface area contributed by atoms with Gasteiger partial charge in [-0.1, -0.05) is 44.2 Å². The fraction of sp³-hybridized carbons (Fsp3) is 0.571. The van der Waals surface area contributed by atoms with Gasteiger partial charge >= 0.3 is 12.2 Å². The summed E-state index contributed by atoms with van der Waals surface area (Å²) < 4.78 is 47.5. The molecule has 2 aliphatic rings. The van der Waals surface area contributed by atoms with E-state index in [-0.39, 0.29) is 12.6 Å². The minimum Gasteiger partial charge on any atom is -0.374 e. The third-order valence-corrected chi connectivity index (χ3v) is 5.41. The lowest BCUT2D eigenvalue weighted by Crippen LogP contribution is -2.56. The SMILES string of the molecule is CC(C)CN1CCOC(CNC(=O)CN2C(=O)NC(c3ccccc3)(C(F)(F)F)C2=O)C1. The van der Waals surface area contributed by atoms with E-state index in [0.717, 1.165) is 25.2 Å². The van der Waals surface area contributed by atoms with E-state index >= 15 is 0 Å². The fourth-order valence-corrected chi connectivity index (χ4v) is 3.97. The highest BCUT2D eigenvalue weighted by molar-refractivity contribution is 6.09. The predicted molar refractivity (Wildman–Crippen MR) is 108 cm³/mol. The minimum atomic E-state index is -5.10. The normalized spacial score (nSPS) is 24.7. The second kappa shape index (κ2) is 9.45. The number of amides is 4. The van der Waals surface area contributed by atoms with E-state index < -0.39 is 41.7 Å². The molecule has 2 fully saturated rings. The fourth-order valence-electron chi connectivity index (χ4n) is 3.97. The summed E-state index contributed by atoms with van der Waals surface area (Å²) in [4.78, 5) is 39.9. The van der Waals surface area contributed by atoms with Gasteiger partial charge in [-0.15, -0.1) is 0 Å². The third-order valence-electron chi connectivity index (χ3n) is 5.41. The number of carbonyl (C=O) groups is 3. The number of hydrogen-bond donors (Lipinski definition) is 2. The Balaban J connectivity index is 1.64. The number of morpholine rings is 1. The average Bonchev–Trinajstić information content (AvgIpc) is 2.98. The van der Waals surface area contributed by atoms with Gasteiger partial charge in [0.2, 0.25) is 11.4 Å². The number of imide groups is 1. The van der Waals surface area contributed by atoms with Gasteiger partial charge in [0, 0.05) is 26.2 Å². The van der Waals surface area contributed by atoms with E-state index in [2.05, 4.69) is 24.1 Å². The van der Waals surface area contributed by atoms with Crippen molar-refractivity contribution in [3.8, 4) is 0 Å². The summed E-state index contributed by atoms with van der Waals surface area (Å²) in [6, 6.07) is 5.12. The second-order valence-corrected chi connectivity index (χ2v) is 8.39. The highest BCUT2D eigenvalue weighted by Gasteiger charge is 2.68. The van der Waals surface area contributed by atoms with Gasteiger partial charge in [-0.05, 0) is 11.5 Å². The first-order valence-corrected chi connectivity index (χ1v) is 10.4. The van der Waals surface area contributed by atoms with Gasteiger partial charge < -0.3 is 15.4 Å². The van der Waals surface area contributed by atoms with Crippen molar-refractivity contribution in [2.45, 2.75) is 31.7 Å². The number of alkyl halides is 3. The molecule has 2 saturated heterocycles. The molecule has 3 rings (SSSR count). The van der Waals surface area contributed by atoms with Crippen molar-refractivity contribution in [3.05, 3.63) is 35.9 Å². The lowest BCUT2D eigenvalue weighted by atomic mass is 9.89. The monoisotopic (exact) mass is 456 g/mol. The van der Waals surface area contributed by atoms with Crippen LogP contribution < -0.4 is 10.6 Å². The second-order valence-electron chi connectivity index (χ2n) is 8.39. The van der Waals surface area contributed by atoms with Gasteiger partial charge in [-0.3, -0.25) is 19.4 Å². The minimum absolute atomic E-state index is 0.125. The zero-order valence-corrected chi connectivity index (χ0v) is 17.9. The molecule has 0 saturated carbocycles. The number of nitrogens with one attached hydrogen (secondary N) is 2. The number of ether oxygens (including phenoxy) is 1. The number of urea groups is 1. The van der Waals surface area contributed by atoms with Gasteiger partial charge in [-0.2, -0.15) is 13.2 Å². The molecule has 2 atom stereocenters. The molecule has 0 aliphatic carbocycles. The highest BCUT2D eigenvalue weighted by Crippen LogP contribution is 2.43. The lowest BCUT2D eigenvalue weighted by molar-refractivity contribution is -0.198. The zero-order chi connectivity index (χ0) is 23.5.